The quantitative estimate of drug-likeness (QED) is 0.837. The number of nitrogens with one attached hydrogen (secondary N) is 1. The zero-order chi connectivity index (χ0) is 18.6. The lowest BCUT2D eigenvalue weighted by Crippen LogP contribution is -2.50. The number of benzene rings is 2. The van der Waals surface area contributed by atoms with E-state index in [1.54, 1.807) is 0 Å². The Kier molecular flexibility index (Phi) is 5.38. The molecule has 136 valence electrons. The second-order valence-corrected chi connectivity index (χ2v) is 6.60. The maximum absolute atomic E-state index is 12.7. The van der Waals surface area contributed by atoms with E-state index in [-0.39, 0.29) is 18.0 Å². The molecule has 1 fully saturated rings. The first-order chi connectivity index (χ1) is 12.6. The molecular weight excluding hydrogens is 330 g/mol. The zero-order valence-electron chi connectivity index (χ0n) is 15.0. The highest BCUT2D eigenvalue weighted by Gasteiger charge is 2.53. The molecule has 5 nitrogen and oxygen atoms in total. The average Bonchev–Trinajstić information content (AvgIpc) is 3.09. The third-order valence-corrected chi connectivity index (χ3v) is 4.99. The van der Waals surface area contributed by atoms with Gasteiger partial charge in [0.15, 0.2) is 0 Å². The molecule has 0 spiro atoms. The Balaban J connectivity index is 1.99. The average molecular weight is 353 g/mol. The first kappa shape index (κ1) is 18.1. The van der Waals surface area contributed by atoms with Crippen LogP contribution in [0.1, 0.15) is 23.6 Å². The minimum atomic E-state index is -0.977. The highest BCUT2D eigenvalue weighted by molar-refractivity contribution is 5.85. The lowest BCUT2D eigenvalue weighted by atomic mass is 9.85. The van der Waals surface area contributed by atoms with Crippen molar-refractivity contribution in [3.8, 4) is 0 Å². The van der Waals surface area contributed by atoms with Crippen molar-refractivity contribution in [2.24, 2.45) is 5.92 Å². The molecule has 3 rings (SSSR count). The summed E-state index contributed by atoms with van der Waals surface area (Å²) in [6.45, 7) is 0. The number of carbonyl (C=O) groups is 2. The first-order valence-electron chi connectivity index (χ1n) is 8.62. The topological polar surface area (TPSA) is 64.6 Å². The number of esters is 2. The van der Waals surface area contributed by atoms with Crippen molar-refractivity contribution in [2.75, 3.05) is 14.2 Å². The van der Waals surface area contributed by atoms with E-state index >= 15 is 0 Å². The predicted octanol–water partition coefficient (Wildman–Crippen LogP) is 2.66. The second-order valence-electron chi connectivity index (χ2n) is 6.60. The van der Waals surface area contributed by atoms with Gasteiger partial charge in [0.25, 0.3) is 0 Å². The van der Waals surface area contributed by atoms with Crippen LogP contribution in [0.25, 0.3) is 0 Å². The predicted molar refractivity (Wildman–Crippen MR) is 97.3 cm³/mol. The van der Waals surface area contributed by atoms with Gasteiger partial charge in [0.2, 0.25) is 0 Å². The molecule has 0 bridgehead atoms. The fourth-order valence-corrected chi connectivity index (χ4v) is 3.77. The summed E-state index contributed by atoms with van der Waals surface area (Å²) in [4.78, 5) is 25.2. The van der Waals surface area contributed by atoms with Crippen molar-refractivity contribution in [1.29, 1.82) is 0 Å². The Morgan fingerprint density at radius 1 is 1.00 bits per heavy atom. The third kappa shape index (κ3) is 3.48. The first-order valence-corrected chi connectivity index (χ1v) is 8.62. The summed E-state index contributed by atoms with van der Waals surface area (Å²) in [5.74, 6) is -1.16. The lowest BCUT2D eigenvalue weighted by molar-refractivity contribution is -0.148. The molecule has 26 heavy (non-hydrogen) atoms. The van der Waals surface area contributed by atoms with E-state index in [1.807, 2.05) is 60.7 Å². The van der Waals surface area contributed by atoms with Crippen LogP contribution in [0.2, 0.25) is 0 Å². The van der Waals surface area contributed by atoms with Crippen molar-refractivity contribution in [3.05, 3.63) is 71.8 Å². The van der Waals surface area contributed by atoms with E-state index in [9.17, 15) is 9.59 Å². The third-order valence-electron chi connectivity index (χ3n) is 4.99. The molecule has 1 heterocycles. The SMILES string of the molecule is COC(=O)[C@H]1C[C@](Cc2ccccc2)(C(=O)OC)N[C@@H]1c1ccccc1. The number of rotatable bonds is 5. The summed E-state index contributed by atoms with van der Waals surface area (Å²) in [6.07, 6.45) is 0.762. The van der Waals surface area contributed by atoms with Crippen LogP contribution in [0, 0.1) is 5.92 Å². The number of methoxy groups -OCH3 is 2. The van der Waals surface area contributed by atoms with Crippen molar-refractivity contribution >= 4 is 11.9 Å². The Hall–Kier alpha value is -2.66. The van der Waals surface area contributed by atoms with E-state index < -0.39 is 11.5 Å². The Morgan fingerprint density at radius 2 is 1.62 bits per heavy atom. The van der Waals surface area contributed by atoms with Crippen LogP contribution in [-0.4, -0.2) is 31.7 Å². The normalized spacial score (nSPS) is 24.8. The molecular formula is C21H23NO4. The van der Waals surface area contributed by atoms with Crippen LogP contribution >= 0.6 is 0 Å². The zero-order valence-corrected chi connectivity index (χ0v) is 15.0. The minimum Gasteiger partial charge on any atom is -0.469 e. The van der Waals surface area contributed by atoms with E-state index in [0.717, 1.165) is 11.1 Å². The second kappa shape index (κ2) is 7.70. The monoisotopic (exact) mass is 353 g/mol. The lowest BCUT2D eigenvalue weighted by Gasteiger charge is -2.28. The molecule has 0 saturated carbocycles. The van der Waals surface area contributed by atoms with Gasteiger partial charge >= 0.3 is 11.9 Å². The van der Waals surface area contributed by atoms with Gasteiger partial charge in [0.1, 0.15) is 5.54 Å². The maximum Gasteiger partial charge on any atom is 0.326 e. The summed E-state index contributed by atoms with van der Waals surface area (Å²) < 4.78 is 10.1. The molecule has 1 N–H and O–H groups in total. The van der Waals surface area contributed by atoms with Gasteiger partial charge < -0.3 is 9.47 Å². The molecule has 2 aromatic rings. The molecule has 1 aliphatic rings. The van der Waals surface area contributed by atoms with Gasteiger partial charge in [0, 0.05) is 12.5 Å². The Morgan fingerprint density at radius 3 is 2.19 bits per heavy atom. The maximum atomic E-state index is 12.7. The Bertz CT molecular complexity index is 762. The van der Waals surface area contributed by atoms with Gasteiger partial charge in [-0.25, -0.2) is 0 Å². The summed E-state index contributed by atoms with van der Waals surface area (Å²) in [7, 11) is 2.75. The van der Waals surface area contributed by atoms with E-state index in [0.29, 0.717) is 12.8 Å². The molecule has 0 aliphatic carbocycles. The van der Waals surface area contributed by atoms with Crippen LogP contribution in [0.4, 0.5) is 0 Å². The van der Waals surface area contributed by atoms with Gasteiger partial charge in [-0.3, -0.25) is 14.9 Å². The standard InChI is InChI=1S/C21H23NO4/c1-25-19(23)17-14-21(20(24)26-2,13-15-9-5-3-6-10-15)22-18(17)16-11-7-4-8-12-16/h3-12,17-18,22H,13-14H2,1-2H3/t17-,18+,21+/m0/s1. The highest BCUT2D eigenvalue weighted by Crippen LogP contribution is 2.41. The highest BCUT2D eigenvalue weighted by atomic mass is 16.5. The fraction of sp³-hybridized carbons (Fsp3) is 0.333. The van der Waals surface area contributed by atoms with E-state index in [2.05, 4.69) is 5.32 Å². The van der Waals surface area contributed by atoms with E-state index in [1.165, 1.54) is 14.2 Å². The van der Waals surface area contributed by atoms with Gasteiger partial charge in [0.05, 0.1) is 20.1 Å². The number of carbonyl (C=O) groups excluding carboxylic acids is 2. The molecule has 1 saturated heterocycles. The molecule has 3 atom stereocenters. The molecule has 2 aromatic carbocycles. The number of ether oxygens (including phenoxy) is 2. The molecule has 0 unspecified atom stereocenters. The molecule has 5 heteroatoms. The smallest absolute Gasteiger partial charge is 0.326 e. The van der Waals surface area contributed by atoms with Gasteiger partial charge in [-0.15, -0.1) is 0 Å². The van der Waals surface area contributed by atoms with E-state index in [4.69, 9.17) is 9.47 Å². The van der Waals surface area contributed by atoms with Crippen LogP contribution < -0.4 is 5.32 Å². The fourth-order valence-electron chi connectivity index (χ4n) is 3.77. The van der Waals surface area contributed by atoms with Gasteiger partial charge in [-0.1, -0.05) is 60.7 Å². The van der Waals surface area contributed by atoms with Crippen LogP contribution in [-0.2, 0) is 25.5 Å². The van der Waals surface area contributed by atoms with Crippen molar-refractivity contribution in [1.82, 2.24) is 5.32 Å². The molecule has 0 radical (unpaired) electrons. The number of hydrogen-bond donors (Lipinski definition) is 1. The summed E-state index contributed by atoms with van der Waals surface area (Å²) >= 11 is 0. The van der Waals surface area contributed by atoms with Crippen LogP contribution in [0.5, 0.6) is 0 Å². The van der Waals surface area contributed by atoms with Crippen LogP contribution in [0.15, 0.2) is 60.7 Å². The summed E-state index contributed by atoms with van der Waals surface area (Å²) in [5.41, 5.74) is 0.972. The van der Waals surface area contributed by atoms with Crippen molar-refractivity contribution < 1.29 is 19.1 Å². The minimum absolute atomic E-state index is 0.313. The van der Waals surface area contributed by atoms with Crippen molar-refractivity contribution in [2.45, 2.75) is 24.4 Å². The number of hydrogen-bond acceptors (Lipinski definition) is 5. The largest absolute Gasteiger partial charge is 0.469 e. The van der Waals surface area contributed by atoms with Crippen LogP contribution in [0.3, 0.4) is 0 Å². The summed E-state index contributed by atoms with van der Waals surface area (Å²) in [5, 5.41) is 3.41. The van der Waals surface area contributed by atoms with Gasteiger partial charge in [-0.05, 0) is 17.5 Å². The molecule has 0 aromatic heterocycles. The van der Waals surface area contributed by atoms with Crippen molar-refractivity contribution in [3.63, 3.8) is 0 Å². The Labute approximate surface area is 153 Å². The molecule has 0 amide bonds. The molecule has 1 aliphatic heterocycles. The van der Waals surface area contributed by atoms with Gasteiger partial charge in [-0.2, -0.15) is 0 Å². The summed E-state index contributed by atoms with van der Waals surface area (Å²) in [6, 6.07) is 19.1.